The minimum Gasteiger partial charge on any atom is -0.491 e. The third-order valence-corrected chi connectivity index (χ3v) is 14.0. The van der Waals surface area contributed by atoms with Crippen LogP contribution in [-0.2, 0) is 49.8 Å². The van der Waals surface area contributed by atoms with E-state index in [1.54, 1.807) is 54.4 Å². The molecule has 3 amide bonds. The fraction of sp³-hybridized carbons (Fsp3) is 0.386. The number of fused-ring (bicyclic) bond motifs is 3. The zero-order valence-corrected chi connectivity index (χ0v) is 43.1. The largest absolute Gasteiger partial charge is 0.491 e. The van der Waals surface area contributed by atoms with E-state index in [0.29, 0.717) is 31.0 Å². The van der Waals surface area contributed by atoms with Gasteiger partial charge in [-0.1, -0.05) is 63.2 Å². The average molecular weight is 1020 g/mol. The molecule has 5 heterocycles. The molecule has 0 unspecified atom stereocenters. The minimum atomic E-state index is -0.892. The Kier molecular flexibility index (Phi) is 16.3. The number of likely N-dealkylation sites (N-methyl/N-ethyl adjacent to an activating group) is 1. The number of aromatic nitrogens is 6. The van der Waals surface area contributed by atoms with E-state index in [0.717, 1.165) is 69.2 Å². The number of amides is 3. The molecular formula is C57H65FN10O7. The maximum absolute atomic E-state index is 14.7. The summed E-state index contributed by atoms with van der Waals surface area (Å²) in [6.45, 7) is 9.36. The number of benzene rings is 3. The van der Waals surface area contributed by atoms with Crippen LogP contribution in [0.3, 0.4) is 0 Å². The van der Waals surface area contributed by atoms with Crippen LogP contribution in [0, 0.1) is 11.2 Å². The van der Waals surface area contributed by atoms with Gasteiger partial charge in [0.2, 0.25) is 23.6 Å². The van der Waals surface area contributed by atoms with Crippen LogP contribution in [-0.4, -0.2) is 116 Å². The maximum Gasteiger partial charge on any atom is 0.249 e. The second-order valence-electron chi connectivity index (χ2n) is 20.4. The van der Waals surface area contributed by atoms with Crippen LogP contribution in [0.1, 0.15) is 85.6 Å². The van der Waals surface area contributed by atoms with E-state index in [-0.39, 0.29) is 74.9 Å². The monoisotopic (exact) mass is 1020 g/mol. The highest BCUT2D eigenvalue weighted by molar-refractivity contribution is 5.96. The molecule has 0 fully saturated rings. The number of pyridine rings is 1. The molecule has 3 aromatic carbocycles. The molecule has 0 saturated heterocycles. The summed E-state index contributed by atoms with van der Waals surface area (Å²) in [5, 5.41) is 18.9. The molecular weight excluding hydrogens is 956 g/mol. The quantitative estimate of drug-likeness (QED) is 0.0563. The first-order chi connectivity index (χ1) is 36.2. The van der Waals surface area contributed by atoms with Gasteiger partial charge in [-0.05, 0) is 96.8 Å². The molecule has 0 spiro atoms. The van der Waals surface area contributed by atoms with Crippen molar-refractivity contribution in [1.82, 2.24) is 50.4 Å². The number of rotatable bonds is 20. The van der Waals surface area contributed by atoms with E-state index < -0.39 is 23.5 Å². The number of carbonyl (C=O) groups is 4. The number of ether oxygens (including phenoxy) is 3. The van der Waals surface area contributed by atoms with Gasteiger partial charge in [0.25, 0.3) is 0 Å². The summed E-state index contributed by atoms with van der Waals surface area (Å²) >= 11 is 0. The van der Waals surface area contributed by atoms with Crippen molar-refractivity contribution in [2.45, 2.75) is 97.1 Å². The Balaban J connectivity index is 0.744. The number of hydrogen-bond donors (Lipinski definition) is 4. The minimum absolute atomic E-state index is 0.117. The van der Waals surface area contributed by atoms with Crippen molar-refractivity contribution >= 4 is 34.7 Å². The van der Waals surface area contributed by atoms with Crippen LogP contribution < -0.4 is 20.7 Å². The van der Waals surface area contributed by atoms with Crippen molar-refractivity contribution in [3.05, 3.63) is 144 Å². The summed E-state index contributed by atoms with van der Waals surface area (Å²) in [6.07, 6.45) is 13.7. The second-order valence-corrected chi connectivity index (χ2v) is 20.4. The summed E-state index contributed by atoms with van der Waals surface area (Å²) in [4.78, 5) is 64.8. The van der Waals surface area contributed by atoms with E-state index in [1.807, 2.05) is 75.6 Å². The molecule has 75 heavy (non-hydrogen) atoms. The molecule has 392 valence electrons. The summed E-state index contributed by atoms with van der Waals surface area (Å²) in [5.74, 6) is -0.766. The van der Waals surface area contributed by atoms with Gasteiger partial charge >= 0.3 is 0 Å². The lowest BCUT2D eigenvalue weighted by atomic mass is 9.83. The van der Waals surface area contributed by atoms with Gasteiger partial charge < -0.3 is 40.0 Å². The normalized spacial score (nSPS) is 16.2. The number of hydrogen-bond acceptors (Lipinski definition) is 11. The lowest BCUT2D eigenvalue weighted by molar-refractivity contribution is -0.147. The molecule has 2 aliphatic rings. The van der Waals surface area contributed by atoms with E-state index in [1.165, 1.54) is 22.4 Å². The molecule has 4 atom stereocenters. The van der Waals surface area contributed by atoms with Gasteiger partial charge in [0.1, 0.15) is 35.9 Å². The standard InChI is InChI=1S/C57H65FN10O7/c1-36(59-5)54(70)65-52(57(2,3)4)56(72)67-34-41-25-45(17-16-39(41)27-50(67)55(71)64-49-15-9-12-38-11-6-7-14-46(38)49)75-23-22-74-21-20-73-19-18-51(69)68-35-42(29-63-68)40-26-47-48(31-61-53(47)60-28-40)43-30-62-66(33-43)32-37-10-8-13-44(58)24-37/h6-8,10-11,13-14,16-17,24-26,28-31,33,35-36,49-50,52,59H,9,12,15,18-23,27,32,34H2,1-5H3,(H,60,61)(H,64,71)(H,65,70)/t36-,49+,50-,52+/m1/s1. The molecule has 1 aliphatic carbocycles. The highest BCUT2D eigenvalue weighted by Crippen LogP contribution is 2.34. The second kappa shape index (κ2) is 23.3. The van der Waals surface area contributed by atoms with Crippen LogP contribution in [0.15, 0.2) is 110 Å². The molecule has 9 rings (SSSR count). The summed E-state index contributed by atoms with van der Waals surface area (Å²) < 4.78 is 34.4. The van der Waals surface area contributed by atoms with Crippen LogP contribution in [0.2, 0.25) is 0 Å². The van der Waals surface area contributed by atoms with E-state index in [4.69, 9.17) is 14.2 Å². The van der Waals surface area contributed by atoms with Crippen LogP contribution in [0.25, 0.3) is 33.3 Å². The number of aryl methyl sites for hydroxylation is 1. The van der Waals surface area contributed by atoms with Crippen molar-refractivity contribution in [2.24, 2.45) is 5.41 Å². The molecule has 0 bridgehead atoms. The topological polar surface area (TPSA) is 200 Å². The van der Waals surface area contributed by atoms with Crippen molar-refractivity contribution in [3.8, 4) is 28.0 Å². The highest BCUT2D eigenvalue weighted by Gasteiger charge is 2.43. The first-order valence-corrected chi connectivity index (χ1v) is 25.6. The zero-order valence-electron chi connectivity index (χ0n) is 43.1. The molecule has 4 aromatic heterocycles. The van der Waals surface area contributed by atoms with Gasteiger partial charge in [0.05, 0.1) is 63.9 Å². The lowest BCUT2D eigenvalue weighted by Gasteiger charge is -2.41. The number of H-pyrrole nitrogens is 1. The van der Waals surface area contributed by atoms with Crippen molar-refractivity contribution < 1.29 is 37.8 Å². The zero-order chi connectivity index (χ0) is 52.6. The fourth-order valence-electron chi connectivity index (χ4n) is 9.74. The smallest absolute Gasteiger partial charge is 0.249 e. The molecule has 0 radical (unpaired) electrons. The third kappa shape index (κ3) is 12.5. The van der Waals surface area contributed by atoms with E-state index in [2.05, 4.69) is 48.2 Å². The molecule has 0 saturated carbocycles. The Bertz CT molecular complexity index is 3160. The Labute approximate surface area is 435 Å². The summed E-state index contributed by atoms with van der Waals surface area (Å²) in [6, 6.07) is 20.0. The predicted molar refractivity (Wildman–Crippen MR) is 281 cm³/mol. The van der Waals surface area contributed by atoms with Crippen molar-refractivity contribution in [1.29, 1.82) is 0 Å². The van der Waals surface area contributed by atoms with Crippen molar-refractivity contribution in [3.63, 3.8) is 0 Å². The van der Waals surface area contributed by atoms with E-state index in [9.17, 15) is 23.6 Å². The van der Waals surface area contributed by atoms with Gasteiger partial charge in [0.15, 0.2) is 0 Å². The maximum atomic E-state index is 14.7. The van der Waals surface area contributed by atoms with Gasteiger partial charge in [-0.2, -0.15) is 10.2 Å². The fourth-order valence-corrected chi connectivity index (χ4v) is 9.74. The van der Waals surface area contributed by atoms with Crippen molar-refractivity contribution in [2.75, 3.05) is 40.1 Å². The number of nitrogens with one attached hydrogen (secondary N) is 4. The molecule has 17 nitrogen and oxygen atoms in total. The van der Waals surface area contributed by atoms with Gasteiger partial charge in [-0.25, -0.2) is 14.1 Å². The first kappa shape index (κ1) is 52.3. The third-order valence-electron chi connectivity index (χ3n) is 14.0. The van der Waals surface area contributed by atoms with Gasteiger partial charge in [-0.15, -0.1) is 0 Å². The lowest BCUT2D eigenvalue weighted by Crippen LogP contribution is -2.62. The highest BCUT2D eigenvalue weighted by atomic mass is 19.1. The molecule has 4 N–H and O–H groups in total. The number of aromatic amines is 1. The predicted octanol–water partition coefficient (Wildman–Crippen LogP) is 7.21. The molecule has 7 aromatic rings. The Morgan fingerprint density at radius 3 is 2.47 bits per heavy atom. The van der Waals surface area contributed by atoms with Crippen LogP contribution in [0.5, 0.6) is 5.75 Å². The number of carbonyl (C=O) groups excluding carboxylic acids is 4. The van der Waals surface area contributed by atoms with Gasteiger partial charge in [0, 0.05) is 65.4 Å². The van der Waals surface area contributed by atoms with Crippen LogP contribution >= 0.6 is 0 Å². The Hall–Kier alpha value is -7.54. The summed E-state index contributed by atoms with van der Waals surface area (Å²) in [5.41, 5.74) is 8.31. The SMILES string of the molecule is CN[C@H](C)C(=O)N[C@@H](C(=O)N1Cc2cc(OCCOCCOCCC(=O)n3cc(-c4cnc5[nH]cc(-c6cnn(Cc7cccc(F)c7)c6)c5c4)cn3)ccc2C[C@@H]1C(=O)N[C@H]1CCCc2ccccc21)C(C)(C)C. The van der Waals surface area contributed by atoms with Crippen LogP contribution in [0.4, 0.5) is 4.39 Å². The average Bonchev–Trinajstić information content (AvgIpc) is 4.20. The number of nitrogens with zero attached hydrogens (tertiary/aromatic N) is 6. The Morgan fingerprint density at radius 2 is 1.65 bits per heavy atom. The number of halogens is 1. The molecule has 1 aliphatic heterocycles. The van der Waals surface area contributed by atoms with E-state index >= 15 is 0 Å². The Morgan fingerprint density at radius 1 is 0.853 bits per heavy atom. The first-order valence-electron chi connectivity index (χ1n) is 25.6. The molecule has 18 heteroatoms. The van der Waals surface area contributed by atoms with Gasteiger partial charge in [-0.3, -0.25) is 23.9 Å². The summed E-state index contributed by atoms with van der Waals surface area (Å²) in [7, 11) is 1.69.